The van der Waals surface area contributed by atoms with E-state index in [0.29, 0.717) is 13.1 Å². The van der Waals surface area contributed by atoms with Crippen molar-refractivity contribution in [3.63, 3.8) is 0 Å². The number of carbonyl (C=O) groups excluding carboxylic acids is 1. The summed E-state index contributed by atoms with van der Waals surface area (Å²) in [6, 6.07) is 8.34. The number of hydrogen-bond acceptors (Lipinski definition) is 4. The molecule has 1 aromatic rings. The second-order valence-corrected chi connectivity index (χ2v) is 6.54. The molecule has 0 aliphatic carbocycles. The lowest BCUT2D eigenvalue weighted by Gasteiger charge is -2.28. The molecule has 0 radical (unpaired) electrons. The quantitative estimate of drug-likeness (QED) is 0.744. The Hall–Kier alpha value is -1.85. The highest BCUT2D eigenvalue weighted by atomic mass is 16.5. The summed E-state index contributed by atoms with van der Waals surface area (Å²) in [5.41, 5.74) is 2.25. The predicted octanol–water partition coefficient (Wildman–Crippen LogP) is 2.56. The fourth-order valence-electron chi connectivity index (χ4n) is 3.30. The van der Waals surface area contributed by atoms with Gasteiger partial charge in [-0.05, 0) is 43.5 Å². The Bertz CT molecular complexity index is 573. The van der Waals surface area contributed by atoms with E-state index in [1.807, 2.05) is 17.9 Å². The molecule has 0 spiro atoms. The third-order valence-electron chi connectivity index (χ3n) is 4.83. The topological polar surface area (TPSA) is 42.0 Å². The van der Waals surface area contributed by atoms with Crippen molar-refractivity contribution in [1.82, 2.24) is 4.90 Å². The lowest BCUT2D eigenvalue weighted by Crippen LogP contribution is -2.36. The van der Waals surface area contributed by atoms with Crippen LogP contribution in [0.15, 0.2) is 30.3 Å². The molecule has 0 aromatic heterocycles. The molecule has 2 heterocycles. The highest BCUT2D eigenvalue weighted by Gasteiger charge is 2.20. The van der Waals surface area contributed by atoms with Gasteiger partial charge < -0.3 is 19.3 Å². The summed E-state index contributed by atoms with van der Waals surface area (Å²) in [6.07, 6.45) is 5.91. The van der Waals surface area contributed by atoms with Gasteiger partial charge in [0, 0.05) is 44.5 Å². The summed E-state index contributed by atoms with van der Waals surface area (Å²) in [6.45, 7) is 7.67. The number of carbonyl (C=O) groups is 1. The zero-order valence-electron chi connectivity index (χ0n) is 15.0. The van der Waals surface area contributed by atoms with Crippen LogP contribution in [-0.4, -0.2) is 62.9 Å². The van der Waals surface area contributed by atoms with Gasteiger partial charge in [0.25, 0.3) is 0 Å². The maximum atomic E-state index is 12.4. The summed E-state index contributed by atoms with van der Waals surface area (Å²) in [5.74, 6) is 0.0512. The molecule has 0 N–H and O–H groups in total. The van der Waals surface area contributed by atoms with Gasteiger partial charge in [0.2, 0.25) is 5.91 Å². The van der Waals surface area contributed by atoms with E-state index in [1.165, 1.54) is 5.69 Å². The fraction of sp³-hybridized carbons (Fsp3) is 0.550. The third kappa shape index (κ3) is 5.06. The van der Waals surface area contributed by atoms with Crippen molar-refractivity contribution in [1.29, 1.82) is 0 Å². The van der Waals surface area contributed by atoms with Gasteiger partial charge in [-0.15, -0.1) is 0 Å². The number of hydrogen-bond donors (Lipinski definition) is 0. The number of nitrogens with zero attached hydrogens (tertiary/aromatic N) is 2. The van der Waals surface area contributed by atoms with E-state index in [-0.39, 0.29) is 12.0 Å². The van der Waals surface area contributed by atoms with Crippen LogP contribution < -0.4 is 4.90 Å². The Labute approximate surface area is 150 Å². The Balaban J connectivity index is 1.55. The molecule has 3 rings (SSSR count). The van der Waals surface area contributed by atoms with Crippen LogP contribution in [0.25, 0.3) is 6.08 Å². The van der Waals surface area contributed by atoms with Gasteiger partial charge in [-0.3, -0.25) is 4.79 Å². The van der Waals surface area contributed by atoms with Gasteiger partial charge in [-0.1, -0.05) is 12.1 Å². The van der Waals surface area contributed by atoms with Crippen LogP contribution in [0.5, 0.6) is 0 Å². The Morgan fingerprint density at radius 1 is 1.24 bits per heavy atom. The number of rotatable bonds is 6. The highest BCUT2D eigenvalue weighted by molar-refractivity contribution is 5.91. The average Bonchev–Trinajstić information content (AvgIpc) is 3.18. The van der Waals surface area contributed by atoms with Crippen LogP contribution in [0.1, 0.15) is 25.3 Å². The maximum absolute atomic E-state index is 12.4. The molecule has 2 saturated heterocycles. The van der Waals surface area contributed by atoms with Crippen LogP contribution >= 0.6 is 0 Å². The van der Waals surface area contributed by atoms with Crippen molar-refractivity contribution in [2.24, 2.45) is 0 Å². The van der Waals surface area contributed by atoms with Crippen molar-refractivity contribution >= 4 is 17.7 Å². The van der Waals surface area contributed by atoms with E-state index in [0.717, 1.165) is 51.3 Å². The molecule has 5 heteroatoms. The smallest absolute Gasteiger partial charge is 0.246 e. The minimum absolute atomic E-state index is 0.0512. The van der Waals surface area contributed by atoms with Crippen LogP contribution in [-0.2, 0) is 14.3 Å². The summed E-state index contributed by atoms with van der Waals surface area (Å²) in [5, 5.41) is 0. The summed E-state index contributed by atoms with van der Waals surface area (Å²) in [7, 11) is 0. The van der Waals surface area contributed by atoms with Crippen LogP contribution in [0.3, 0.4) is 0 Å². The highest BCUT2D eigenvalue weighted by Crippen LogP contribution is 2.18. The van der Waals surface area contributed by atoms with Crippen molar-refractivity contribution in [3.05, 3.63) is 35.9 Å². The number of likely N-dealkylation sites (N-methyl/N-ethyl adjacent to an activating group) is 1. The SMILES string of the molecule is CCN(C[C@H]1CCCO1)C(=O)/C=C\c1ccc(N2CCOCC2)cc1. The zero-order valence-corrected chi connectivity index (χ0v) is 15.0. The number of amides is 1. The Morgan fingerprint density at radius 3 is 2.64 bits per heavy atom. The molecular weight excluding hydrogens is 316 g/mol. The van der Waals surface area contributed by atoms with E-state index in [1.54, 1.807) is 6.08 Å². The molecule has 2 aliphatic rings. The van der Waals surface area contributed by atoms with Crippen molar-refractivity contribution in [3.8, 4) is 0 Å². The first-order chi connectivity index (χ1) is 12.3. The van der Waals surface area contributed by atoms with Crippen LogP contribution in [0.4, 0.5) is 5.69 Å². The molecule has 1 aromatic carbocycles. The first-order valence-electron chi connectivity index (χ1n) is 9.27. The van der Waals surface area contributed by atoms with Gasteiger partial charge in [0.05, 0.1) is 19.3 Å². The number of anilines is 1. The van der Waals surface area contributed by atoms with Gasteiger partial charge in [-0.25, -0.2) is 0 Å². The number of benzene rings is 1. The monoisotopic (exact) mass is 344 g/mol. The summed E-state index contributed by atoms with van der Waals surface area (Å²) < 4.78 is 11.0. The normalized spacial score (nSPS) is 21.0. The molecule has 136 valence electrons. The van der Waals surface area contributed by atoms with E-state index in [9.17, 15) is 4.79 Å². The van der Waals surface area contributed by atoms with Crippen LogP contribution in [0, 0.1) is 0 Å². The molecule has 25 heavy (non-hydrogen) atoms. The molecular formula is C20H28N2O3. The average molecular weight is 344 g/mol. The molecule has 5 nitrogen and oxygen atoms in total. The predicted molar refractivity (Wildman–Crippen MR) is 99.7 cm³/mol. The molecule has 0 saturated carbocycles. The standard InChI is InChI=1S/C20H28N2O3/c1-2-21(16-19-4-3-13-25-19)20(23)10-7-17-5-8-18(9-6-17)22-11-14-24-15-12-22/h5-10,19H,2-4,11-16H2,1H3/b10-7-/t19-/m1/s1. The third-order valence-corrected chi connectivity index (χ3v) is 4.83. The summed E-state index contributed by atoms with van der Waals surface area (Å²) >= 11 is 0. The Kier molecular flexibility index (Phi) is 6.48. The lowest BCUT2D eigenvalue weighted by molar-refractivity contribution is -0.127. The minimum Gasteiger partial charge on any atom is -0.378 e. The maximum Gasteiger partial charge on any atom is 0.246 e. The first-order valence-corrected chi connectivity index (χ1v) is 9.27. The van der Waals surface area contributed by atoms with Gasteiger partial charge in [0.1, 0.15) is 0 Å². The molecule has 1 amide bonds. The van der Waals surface area contributed by atoms with Crippen molar-refractivity contribution in [2.45, 2.75) is 25.9 Å². The molecule has 2 fully saturated rings. The van der Waals surface area contributed by atoms with Crippen LogP contribution in [0.2, 0.25) is 0 Å². The van der Waals surface area contributed by atoms with Gasteiger partial charge in [-0.2, -0.15) is 0 Å². The fourth-order valence-corrected chi connectivity index (χ4v) is 3.30. The summed E-state index contributed by atoms with van der Waals surface area (Å²) in [4.78, 5) is 16.6. The van der Waals surface area contributed by atoms with E-state index in [4.69, 9.17) is 9.47 Å². The van der Waals surface area contributed by atoms with E-state index >= 15 is 0 Å². The van der Waals surface area contributed by atoms with Crippen molar-refractivity contribution in [2.75, 3.05) is 50.9 Å². The first kappa shape index (κ1) is 18.0. The van der Waals surface area contributed by atoms with Gasteiger partial charge >= 0.3 is 0 Å². The van der Waals surface area contributed by atoms with E-state index in [2.05, 4.69) is 29.2 Å². The molecule has 0 bridgehead atoms. The second-order valence-electron chi connectivity index (χ2n) is 6.54. The molecule has 1 atom stereocenters. The second kappa shape index (κ2) is 9.02. The molecule has 0 unspecified atom stereocenters. The zero-order chi connectivity index (χ0) is 17.5. The van der Waals surface area contributed by atoms with Gasteiger partial charge in [0.15, 0.2) is 0 Å². The van der Waals surface area contributed by atoms with Crippen molar-refractivity contribution < 1.29 is 14.3 Å². The molecule has 2 aliphatic heterocycles. The number of ether oxygens (including phenoxy) is 2. The lowest BCUT2D eigenvalue weighted by atomic mass is 10.1. The van der Waals surface area contributed by atoms with E-state index < -0.39 is 0 Å². The minimum atomic E-state index is 0.0512. The number of morpholine rings is 1. The largest absolute Gasteiger partial charge is 0.378 e. The Morgan fingerprint density at radius 2 is 2.00 bits per heavy atom.